The molecule has 1 amide bonds. The van der Waals surface area contributed by atoms with E-state index in [2.05, 4.69) is 6.92 Å². The predicted molar refractivity (Wildman–Crippen MR) is 97.0 cm³/mol. The molecule has 4 nitrogen and oxygen atoms in total. The Morgan fingerprint density at radius 2 is 1.92 bits per heavy atom. The first-order chi connectivity index (χ1) is 11.6. The van der Waals surface area contributed by atoms with Crippen molar-refractivity contribution in [3.63, 3.8) is 0 Å². The van der Waals surface area contributed by atoms with Gasteiger partial charge in [-0.3, -0.25) is 9.59 Å². The Balaban J connectivity index is 1.78. The van der Waals surface area contributed by atoms with Crippen molar-refractivity contribution in [2.75, 3.05) is 13.1 Å². The molecule has 132 valence electrons. The van der Waals surface area contributed by atoms with Crippen molar-refractivity contribution in [1.82, 2.24) is 4.90 Å². The number of hydrogen-bond donors (Lipinski definition) is 1. The summed E-state index contributed by atoms with van der Waals surface area (Å²) < 4.78 is 0. The number of Topliss-reactive ketones (excluding diaryl/α,β-unsaturated/α-hetero) is 1. The second kappa shape index (κ2) is 9.58. The van der Waals surface area contributed by atoms with Crippen LogP contribution in [0.2, 0.25) is 0 Å². The fourth-order valence-corrected chi connectivity index (χ4v) is 3.20. The molecule has 0 aliphatic carbocycles. The van der Waals surface area contributed by atoms with Gasteiger partial charge in [0.2, 0.25) is 5.91 Å². The van der Waals surface area contributed by atoms with Crippen LogP contribution in [0.3, 0.4) is 0 Å². The van der Waals surface area contributed by atoms with Crippen molar-refractivity contribution in [2.45, 2.75) is 64.3 Å². The molecule has 2 N–H and O–H groups in total. The highest BCUT2D eigenvalue weighted by Gasteiger charge is 2.21. The van der Waals surface area contributed by atoms with Gasteiger partial charge < -0.3 is 10.6 Å². The highest BCUT2D eigenvalue weighted by atomic mass is 16.2. The number of unbranched alkanes of at least 4 members (excludes halogenated alkanes) is 2. The number of rotatable bonds is 8. The Morgan fingerprint density at radius 1 is 1.17 bits per heavy atom. The van der Waals surface area contributed by atoms with Gasteiger partial charge in [-0.2, -0.15) is 0 Å². The van der Waals surface area contributed by atoms with Crippen LogP contribution in [0.1, 0.15) is 67.8 Å². The van der Waals surface area contributed by atoms with Gasteiger partial charge in [-0.05, 0) is 31.2 Å². The third kappa shape index (κ3) is 5.75. The second-order valence-corrected chi connectivity index (χ2v) is 6.82. The lowest BCUT2D eigenvalue weighted by atomic mass is 10.0. The molecule has 0 bridgehead atoms. The van der Waals surface area contributed by atoms with Gasteiger partial charge in [-0.15, -0.1) is 0 Å². The van der Waals surface area contributed by atoms with E-state index in [1.165, 1.54) is 24.8 Å². The van der Waals surface area contributed by atoms with E-state index in [1.807, 2.05) is 24.3 Å². The van der Waals surface area contributed by atoms with Crippen LogP contribution in [-0.4, -0.2) is 35.7 Å². The van der Waals surface area contributed by atoms with Crippen LogP contribution in [0.15, 0.2) is 24.3 Å². The molecule has 1 aliphatic heterocycles. The lowest BCUT2D eigenvalue weighted by Crippen LogP contribution is -2.45. The highest BCUT2D eigenvalue weighted by molar-refractivity contribution is 5.98. The Hall–Kier alpha value is -1.68. The summed E-state index contributed by atoms with van der Waals surface area (Å²) in [6.45, 7) is 3.59. The van der Waals surface area contributed by atoms with Crippen LogP contribution in [0, 0.1) is 0 Å². The Kier molecular flexibility index (Phi) is 7.44. The van der Waals surface area contributed by atoms with Crippen LogP contribution in [-0.2, 0) is 11.2 Å². The van der Waals surface area contributed by atoms with Gasteiger partial charge >= 0.3 is 0 Å². The zero-order valence-corrected chi connectivity index (χ0v) is 14.8. The van der Waals surface area contributed by atoms with Crippen molar-refractivity contribution in [3.8, 4) is 0 Å². The van der Waals surface area contributed by atoms with E-state index in [1.54, 1.807) is 4.90 Å². The summed E-state index contributed by atoms with van der Waals surface area (Å²) in [5.74, 6) is 0.0967. The number of ketones is 1. The quantitative estimate of drug-likeness (QED) is 0.587. The number of amides is 1. The molecule has 0 saturated carbocycles. The molecule has 1 unspecified atom stereocenters. The average Bonchev–Trinajstić information content (AvgIpc) is 2.60. The first-order valence-electron chi connectivity index (χ1n) is 9.25. The van der Waals surface area contributed by atoms with E-state index < -0.39 is 0 Å². The average molecular weight is 330 g/mol. The summed E-state index contributed by atoms with van der Waals surface area (Å²) in [5, 5.41) is 0. The number of nitrogens with two attached hydrogens (primary N) is 1. The third-order valence-corrected chi connectivity index (χ3v) is 4.72. The normalized spacial score (nSPS) is 17.8. The number of carbonyl (C=O) groups excluding carboxylic acids is 2. The van der Waals surface area contributed by atoms with Gasteiger partial charge in [-0.1, -0.05) is 44.0 Å². The molecular formula is C20H30N2O2. The molecule has 1 fully saturated rings. The number of benzene rings is 1. The van der Waals surface area contributed by atoms with E-state index >= 15 is 0 Å². The number of likely N-dealkylation sites (tertiary alicyclic amines) is 1. The standard InChI is InChI=1S/C20H30N2O2/c1-2-3-4-6-16-8-10-17(11-9-16)19(23)12-13-20(24)22-14-5-7-18(21)15-22/h8-11,18H,2-7,12-15,21H2,1H3. The molecule has 0 aromatic heterocycles. The minimum atomic E-state index is 0.0461. The lowest BCUT2D eigenvalue weighted by Gasteiger charge is -2.30. The second-order valence-electron chi connectivity index (χ2n) is 6.82. The van der Waals surface area contributed by atoms with E-state index in [-0.39, 0.29) is 30.6 Å². The van der Waals surface area contributed by atoms with Crippen LogP contribution in [0.4, 0.5) is 0 Å². The summed E-state index contributed by atoms with van der Waals surface area (Å²) >= 11 is 0. The van der Waals surface area contributed by atoms with Gasteiger partial charge in [0, 0.05) is 37.5 Å². The van der Waals surface area contributed by atoms with Gasteiger partial charge in [0.1, 0.15) is 0 Å². The van der Waals surface area contributed by atoms with Crippen molar-refractivity contribution in [2.24, 2.45) is 5.73 Å². The van der Waals surface area contributed by atoms with E-state index in [0.717, 1.165) is 25.8 Å². The zero-order valence-electron chi connectivity index (χ0n) is 14.8. The maximum absolute atomic E-state index is 12.3. The van der Waals surface area contributed by atoms with Crippen molar-refractivity contribution >= 4 is 11.7 Å². The monoisotopic (exact) mass is 330 g/mol. The minimum Gasteiger partial charge on any atom is -0.341 e. The number of nitrogens with zero attached hydrogens (tertiary/aromatic N) is 1. The van der Waals surface area contributed by atoms with Crippen molar-refractivity contribution in [3.05, 3.63) is 35.4 Å². The predicted octanol–water partition coefficient (Wildman–Crippen LogP) is 3.33. The lowest BCUT2D eigenvalue weighted by molar-refractivity contribution is -0.132. The van der Waals surface area contributed by atoms with Crippen LogP contribution < -0.4 is 5.73 Å². The number of carbonyl (C=O) groups is 2. The molecule has 0 radical (unpaired) electrons. The molecule has 1 heterocycles. The summed E-state index contributed by atoms with van der Waals surface area (Å²) in [5.41, 5.74) is 7.89. The Morgan fingerprint density at radius 3 is 2.58 bits per heavy atom. The third-order valence-electron chi connectivity index (χ3n) is 4.72. The Bertz CT molecular complexity index is 539. The molecule has 0 spiro atoms. The van der Waals surface area contributed by atoms with Crippen LogP contribution in [0.5, 0.6) is 0 Å². The zero-order chi connectivity index (χ0) is 17.4. The summed E-state index contributed by atoms with van der Waals surface area (Å²) in [6, 6.07) is 7.94. The van der Waals surface area contributed by atoms with E-state index in [0.29, 0.717) is 12.1 Å². The Labute approximate surface area is 145 Å². The van der Waals surface area contributed by atoms with E-state index in [4.69, 9.17) is 5.73 Å². The van der Waals surface area contributed by atoms with Gasteiger partial charge in [-0.25, -0.2) is 0 Å². The molecule has 1 saturated heterocycles. The van der Waals surface area contributed by atoms with Crippen molar-refractivity contribution < 1.29 is 9.59 Å². The molecular weight excluding hydrogens is 300 g/mol. The molecule has 1 aromatic carbocycles. The SMILES string of the molecule is CCCCCc1ccc(C(=O)CCC(=O)N2CCCC(N)C2)cc1. The number of aryl methyl sites for hydroxylation is 1. The molecule has 24 heavy (non-hydrogen) atoms. The minimum absolute atomic E-state index is 0.0461. The van der Waals surface area contributed by atoms with E-state index in [9.17, 15) is 9.59 Å². The fourth-order valence-electron chi connectivity index (χ4n) is 3.20. The van der Waals surface area contributed by atoms with Gasteiger partial charge in [0.25, 0.3) is 0 Å². The summed E-state index contributed by atoms with van der Waals surface area (Å²) in [6.07, 6.45) is 7.21. The number of hydrogen-bond acceptors (Lipinski definition) is 3. The molecule has 4 heteroatoms. The largest absolute Gasteiger partial charge is 0.341 e. The smallest absolute Gasteiger partial charge is 0.223 e. The first-order valence-corrected chi connectivity index (χ1v) is 9.25. The molecule has 2 rings (SSSR count). The maximum atomic E-state index is 12.3. The summed E-state index contributed by atoms with van der Waals surface area (Å²) in [4.78, 5) is 26.3. The highest BCUT2D eigenvalue weighted by Crippen LogP contribution is 2.14. The van der Waals surface area contributed by atoms with Crippen LogP contribution >= 0.6 is 0 Å². The van der Waals surface area contributed by atoms with Crippen LogP contribution in [0.25, 0.3) is 0 Å². The molecule has 1 aromatic rings. The maximum Gasteiger partial charge on any atom is 0.223 e. The van der Waals surface area contributed by atoms with Gasteiger partial charge in [0.15, 0.2) is 5.78 Å². The summed E-state index contributed by atoms with van der Waals surface area (Å²) in [7, 11) is 0. The first kappa shape index (κ1) is 18.7. The molecule has 1 atom stereocenters. The fraction of sp³-hybridized carbons (Fsp3) is 0.600. The van der Waals surface area contributed by atoms with Gasteiger partial charge in [0.05, 0.1) is 0 Å². The topological polar surface area (TPSA) is 63.4 Å². The molecule has 1 aliphatic rings. The number of piperidine rings is 1. The van der Waals surface area contributed by atoms with Crippen molar-refractivity contribution in [1.29, 1.82) is 0 Å².